The number of carbonyl (C=O) groups is 1. The van der Waals surface area contributed by atoms with Crippen molar-refractivity contribution >= 4 is 33.8 Å². The molecule has 0 bridgehead atoms. The molecule has 1 aliphatic heterocycles. The number of fused-ring (bicyclic) bond motifs is 1. The zero-order valence-corrected chi connectivity index (χ0v) is 15.6. The molecule has 1 fully saturated rings. The molecular formula is C20H22N4OS. The largest absolute Gasteiger partial charge is 0.322 e. The van der Waals surface area contributed by atoms with Crippen molar-refractivity contribution in [2.45, 2.75) is 13.5 Å². The molecule has 1 saturated heterocycles. The van der Waals surface area contributed by atoms with Crippen molar-refractivity contribution in [3.05, 3.63) is 58.5 Å². The number of rotatable bonds is 3. The fraction of sp³-hybridized carbons (Fsp3) is 0.300. The predicted molar refractivity (Wildman–Crippen MR) is 107 cm³/mol. The molecule has 0 spiro atoms. The fourth-order valence-corrected chi connectivity index (χ4v) is 3.89. The minimum absolute atomic E-state index is 0.0237. The number of aromatic nitrogens is 1. The normalized spacial score (nSPS) is 15.3. The summed E-state index contributed by atoms with van der Waals surface area (Å²) < 4.78 is 0. The van der Waals surface area contributed by atoms with Gasteiger partial charge in [-0.15, -0.1) is 11.3 Å². The second-order valence-corrected chi connectivity index (χ2v) is 7.68. The highest BCUT2D eigenvalue weighted by Crippen LogP contribution is 2.19. The highest BCUT2D eigenvalue weighted by Gasteiger charge is 2.21. The highest BCUT2D eigenvalue weighted by atomic mass is 32.1. The van der Waals surface area contributed by atoms with Gasteiger partial charge in [-0.25, -0.2) is 9.78 Å². The lowest BCUT2D eigenvalue weighted by molar-refractivity contribution is 0.142. The quantitative estimate of drug-likeness (QED) is 0.763. The molecule has 1 aliphatic rings. The maximum atomic E-state index is 12.6. The van der Waals surface area contributed by atoms with Gasteiger partial charge in [0.2, 0.25) is 0 Å². The topological polar surface area (TPSA) is 48.5 Å². The first-order chi connectivity index (χ1) is 12.7. The van der Waals surface area contributed by atoms with Crippen LogP contribution in [0.5, 0.6) is 0 Å². The van der Waals surface area contributed by atoms with Crippen LogP contribution in [0.2, 0.25) is 0 Å². The molecule has 6 heteroatoms. The van der Waals surface area contributed by atoms with E-state index in [0.29, 0.717) is 0 Å². The van der Waals surface area contributed by atoms with Crippen LogP contribution in [-0.2, 0) is 6.54 Å². The van der Waals surface area contributed by atoms with Gasteiger partial charge in [0, 0.05) is 43.8 Å². The summed E-state index contributed by atoms with van der Waals surface area (Å²) in [5.41, 5.74) is 1.97. The Labute approximate surface area is 157 Å². The summed E-state index contributed by atoms with van der Waals surface area (Å²) in [7, 11) is 0. The van der Waals surface area contributed by atoms with Gasteiger partial charge in [-0.1, -0.05) is 30.3 Å². The Morgan fingerprint density at radius 1 is 1.12 bits per heavy atom. The molecule has 1 aromatic heterocycles. The summed E-state index contributed by atoms with van der Waals surface area (Å²) in [6, 6.07) is 14.2. The van der Waals surface area contributed by atoms with Gasteiger partial charge in [-0.05, 0) is 29.8 Å². The third-order valence-corrected chi connectivity index (χ3v) is 5.53. The van der Waals surface area contributed by atoms with Crippen LogP contribution < -0.4 is 5.32 Å². The van der Waals surface area contributed by atoms with Crippen LogP contribution in [0.3, 0.4) is 0 Å². The predicted octanol–water partition coefficient (Wildman–Crippen LogP) is 3.95. The number of anilines is 1. The number of hydrogen-bond acceptors (Lipinski definition) is 4. The third kappa shape index (κ3) is 3.86. The molecule has 0 atom stereocenters. The molecule has 0 saturated carbocycles. The first kappa shape index (κ1) is 17.0. The molecule has 26 heavy (non-hydrogen) atoms. The van der Waals surface area contributed by atoms with E-state index in [1.807, 2.05) is 42.2 Å². The van der Waals surface area contributed by atoms with E-state index in [1.54, 1.807) is 11.3 Å². The fourth-order valence-electron chi connectivity index (χ4n) is 3.29. The van der Waals surface area contributed by atoms with Crippen LogP contribution in [-0.4, -0.2) is 47.0 Å². The Kier molecular flexibility index (Phi) is 4.86. The molecule has 2 heterocycles. The van der Waals surface area contributed by atoms with Crippen LogP contribution in [0.25, 0.3) is 10.8 Å². The Hall–Kier alpha value is -2.44. The number of urea groups is 1. The number of benzene rings is 2. The second kappa shape index (κ2) is 7.43. The number of piperazine rings is 1. The van der Waals surface area contributed by atoms with Crippen molar-refractivity contribution in [2.75, 3.05) is 31.5 Å². The zero-order chi connectivity index (χ0) is 17.9. The number of thiazole rings is 1. The van der Waals surface area contributed by atoms with Gasteiger partial charge in [-0.2, -0.15) is 0 Å². The molecule has 2 aromatic carbocycles. The van der Waals surface area contributed by atoms with E-state index in [9.17, 15) is 4.79 Å². The second-order valence-electron chi connectivity index (χ2n) is 6.61. The number of carbonyl (C=O) groups excluding carboxylic acids is 1. The van der Waals surface area contributed by atoms with Crippen molar-refractivity contribution in [3.63, 3.8) is 0 Å². The molecule has 0 unspecified atom stereocenters. The van der Waals surface area contributed by atoms with Gasteiger partial charge in [0.05, 0.1) is 10.7 Å². The lowest BCUT2D eigenvalue weighted by Crippen LogP contribution is -2.49. The summed E-state index contributed by atoms with van der Waals surface area (Å²) in [5, 5.41) is 8.56. The first-order valence-corrected chi connectivity index (χ1v) is 9.73. The smallest absolute Gasteiger partial charge is 0.321 e. The van der Waals surface area contributed by atoms with E-state index >= 15 is 0 Å². The van der Waals surface area contributed by atoms with Crippen molar-refractivity contribution < 1.29 is 4.79 Å². The molecule has 2 amide bonds. The van der Waals surface area contributed by atoms with Gasteiger partial charge in [0.25, 0.3) is 0 Å². The van der Waals surface area contributed by atoms with Gasteiger partial charge in [0.1, 0.15) is 0 Å². The zero-order valence-electron chi connectivity index (χ0n) is 14.8. The summed E-state index contributed by atoms with van der Waals surface area (Å²) in [6.07, 6.45) is 0. The van der Waals surface area contributed by atoms with Crippen molar-refractivity contribution in [3.8, 4) is 0 Å². The average molecular weight is 366 g/mol. The highest BCUT2D eigenvalue weighted by molar-refractivity contribution is 7.09. The Balaban J connectivity index is 1.32. The van der Waals surface area contributed by atoms with Crippen molar-refractivity contribution in [1.29, 1.82) is 0 Å². The van der Waals surface area contributed by atoms with E-state index in [2.05, 4.69) is 32.7 Å². The number of amides is 2. The molecule has 0 aliphatic carbocycles. The van der Waals surface area contributed by atoms with E-state index in [4.69, 9.17) is 0 Å². The molecule has 1 N–H and O–H groups in total. The third-order valence-electron chi connectivity index (χ3n) is 4.71. The summed E-state index contributed by atoms with van der Waals surface area (Å²) in [5.74, 6) is 0. The molecular weight excluding hydrogens is 344 g/mol. The van der Waals surface area contributed by atoms with Gasteiger partial charge in [-0.3, -0.25) is 4.90 Å². The van der Waals surface area contributed by atoms with Gasteiger partial charge >= 0.3 is 6.03 Å². The maximum Gasteiger partial charge on any atom is 0.321 e. The minimum atomic E-state index is -0.0237. The van der Waals surface area contributed by atoms with Crippen LogP contribution in [0.15, 0.2) is 47.8 Å². The lowest BCUT2D eigenvalue weighted by Gasteiger charge is -2.34. The summed E-state index contributed by atoms with van der Waals surface area (Å²) >= 11 is 1.69. The molecule has 5 nitrogen and oxygen atoms in total. The van der Waals surface area contributed by atoms with Gasteiger partial charge in [0.15, 0.2) is 0 Å². The number of hydrogen-bond donors (Lipinski definition) is 1. The lowest BCUT2D eigenvalue weighted by atomic mass is 10.1. The number of nitrogens with zero attached hydrogens (tertiary/aromatic N) is 3. The maximum absolute atomic E-state index is 12.6. The summed E-state index contributed by atoms with van der Waals surface area (Å²) in [4.78, 5) is 21.3. The van der Waals surface area contributed by atoms with Crippen LogP contribution in [0, 0.1) is 6.92 Å². The Bertz CT molecular complexity index is 915. The summed E-state index contributed by atoms with van der Waals surface area (Å²) in [6.45, 7) is 6.13. The van der Waals surface area contributed by atoms with Crippen molar-refractivity contribution in [2.24, 2.45) is 0 Å². The average Bonchev–Trinajstić information content (AvgIpc) is 3.07. The standard InChI is InChI=1S/C20H22N4OS/c1-15-21-19(14-26-15)13-23-8-10-24(11-9-23)20(25)22-18-7-6-16-4-2-3-5-17(16)12-18/h2-7,12,14H,8-11,13H2,1H3,(H,22,25). The number of aryl methyl sites for hydroxylation is 1. The van der Waals surface area contributed by atoms with Crippen LogP contribution in [0.1, 0.15) is 10.7 Å². The van der Waals surface area contributed by atoms with E-state index < -0.39 is 0 Å². The van der Waals surface area contributed by atoms with E-state index in [-0.39, 0.29) is 6.03 Å². The van der Waals surface area contributed by atoms with E-state index in [0.717, 1.165) is 54.5 Å². The monoisotopic (exact) mass is 366 g/mol. The molecule has 3 aromatic rings. The molecule has 4 rings (SSSR count). The number of nitrogens with one attached hydrogen (secondary N) is 1. The molecule has 0 radical (unpaired) electrons. The van der Waals surface area contributed by atoms with E-state index in [1.165, 1.54) is 5.39 Å². The van der Waals surface area contributed by atoms with Crippen molar-refractivity contribution in [1.82, 2.24) is 14.8 Å². The molecule has 134 valence electrons. The van der Waals surface area contributed by atoms with Crippen LogP contribution in [0.4, 0.5) is 10.5 Å². The van der Waals surface area contributed by atoms with Crippen LogP contribution >= 0.6 is 11.3 Å². The minimum Gasteiger partial charge on any atom is -0.322 e. The SMILES string of the molecule is Cc1nc(CN2CCN(C(=O)Nc3ccc4ccccc4c3)CC2)cs1. The first-order valence-electron chi connectivity index (χ1n) is 8.85. The Morgan fingerprint density at radius 2 is 1.88 bits per heavy atom. The van der Waals surface area contributed by atoms with Gasteiger partial charge < -0.3 is 10.2 Å². The Morgan fingerprint density at radius 3 is 2.62 bits per heavy atom.